The fourth-order valence-electron chi connectivity index (χ4n) is 3.36. The number of rotatable bonds is 10. The summed E-state index contributed by atoms with van der Waals surface area (Å²) < 4.78 is 24.6. The molecule has 0 fully saturated rings. The molecule has 0 aliphatic rings. The normalized spacial score (nSPS) is 11.7. The number of nitrogens with one attached hydrogen (secondary N) is 1. The van der Waals surface area contributed by atoms with E-state index in [0.717, 1.165) is 10.2 Å². The van der Waals surface area contributed by atoms with Crippen LogP contribution in [0.2, 0.25) is 5.02 Å². The summed E-state index contributed by atoms with van der Waals surface area (Å²) in [6.45, 7) is -0.142. The van der Waals surface area contributed by atoms with Crippen LogP contribution in [-0.2, 0) is 25.5 Å². The van der Waals surface area contributed by atoms with Crippen molar-refractivity contribution in [1.29, 1.82) is 0 Å². The van der Waals surface area contributed by atoms with Crippen molar-refractivity contribution < 1.29 is 28.2 Å². The number of thiazole rings is 1. The number of nitrogens with zero attached hydrogens (tertiary/aromatic N) is 2. The van der Waals surface area contributed by atoms with E-state index < -0.39 is 23.9 Å². The standard InChI is InChI=1S/C24H25ClFN3O5S/c1-29(20(30)12-10-15-6-5-7-17(26)22(15)25)16(11-13-21(31)33-2)14-34-24(32)28-23-27-18-8-3-4-9-19(18)35-23/h3-9,16H,10-14H2,1-2H3,(H,27,28,32)/t16-/m0/s1. The zero-order valence-electron chi connectivity index (χ0n) is 19.3. The predicted molar refractivity (Wildman–Crippen MR) is 132 cm³/mol. The van der Waals surface area contributed by atoms with Crippen molar-refractivity contribution in [3.63, 3.8) is 0 Å². The van der Waals surface area contributed by atoms with Gasteiger partial charge in [0.05, 0.1) is 28.4 Å². The van der Waals surface area contributed by atoms with E-state index in [1.54, 1.807) is 13.1 Å². The molecule has 11 heteroatoms. The molecule has 2 amide bonds. The van der Waals surface area contributed by atoms with Crippen LogP contribution in [0.15, 0.2) is 42.5 Å². The first kappa shape index (κ1) is 26.4. The lowest BCUT2D eigenvalue weighted by molar-refractivity contribution is -0.142. The number of halogens is 2. The van der Waals surface area contributed by atoms with Crippen LogP contribution in [0.1, 0.15) is 24.8 Å². The van der Waals surface area contributed by atoms with Crippen LogP contribution in [0.4, 0.5) is 14.3 Å². The molecule has 35 heavy (non-hydrogen) atoms. The van der Waals surface area contributed by atoms with Gasteiger partial charge in [-0.2, -0.15) is 0 Å². The van der Waals surface area contributed by atoms with Gasteiger partial charge >= 0.3 is 12.1 Å². The van der Waals surface area contributed by atoms with Gasteiger partial charge < -0.3 is 14.4 Å². The molecule has 0 spiro atoms. The largest absolute Gasteiger partial charge is 0.469 e. The first-order valence-electron chi connectivity index (χ1n) is 10.8. The summed E-state index contributed by atoms with van der Waals surface area (Å²) in [5.41, 5.74) is 1.28. The molecule has 1 N–H and O–H groups in total. The summed E-state index contributed by atoms with van der Waals surface area (Å²) in [4.78, 5) is 42.6. The zero-order valence-corrected chi connectivity index (χ0v) is 20.8. The van der Waals surface area contributed by atoms with Gasteiger partial charge in [0, 0.05) is 19.9 Å². The third kappa shape index (κ3) is 7.37. The molecule has 2 aromatic carbocycles. The predicted octanol–water partition coefficient (Wildman–Crippen LogP) is 5.05. The summed E-state index contributed by atoms with van der Waals surface area (Å²) >= 11 is 7.28. The Morgan fingerprint density at radius 1 is 1.17 bits per heavy atom. The zero-order chi connectivity index (χ0) is 25.4. The van der Waals surface area contributed by atoms with Crippen LogP contribution in [0.5, 0.6) is 0 Å². The summed E-state index contributed by atoms with van der Waals surface area (Å²) in [6.07, 6.45) is -0.157. The monoisotopic (exact) mass is 521 g/mol. The van der Waals surface area contributed by atoms with Gasteiger partial charge in [-0.25, -0.2) is 14.2 Å². The molecule has 0 saturated heterocycles. The number of methoxy groups -OCH3 is 1. The van der Waals surface area contributed by atoms with Crippen molar-refractivity contribution in [3.8, 4) is 0 Å². The number of aryl methyl sites for hydroxylation is 1. The first-order valence-corrected chi connectivity index (χ1v) is 12.0. The minimum Gasteiger partial charge on any atom is -0.469 e. The highest BCUT2D eigenvalue weighted by Gasteiger charge is 2.23. The second-order valence-electron chi connectivity index (χ2n) is 7.70. The van der Waals surface area contributed by atoms with Gasteiger partial charge in [0.15, 0.2) is 5.13 Å². The Balaban J connectivity index is 1.59. The Labute approximate surface area is 211 Å². The van der Waals surface area contributed by atoms with Crippen LogP contribution < -0.4 is 5.32 Å². The lowest BCUT2D eigenvalue weighted by atomic mass is 10.1. The van der Waals surface area contributed by atoms with Gasteiger partial charge in [0.25, 0.3) is 0 Å². The number of anilines is 1. The van der Waals surface area contributed by atoms with Gasteiger partial charge in [-0.05, 0) is 36.6 Å². The summed E-state index contributed by atoms with van der Waals surface area (Å²) in [6, 6.07) is 11.3. The molecule has 0 bridgehead atoms. The quantitative estimate of drug-likeness (QED) is 0.375. The second kappa shape index (κ2) is 12.5. The molecule has 1 heterocycles. The Morgan fingerprint density at radius 2 is 1.94 bits per heavy atom. The van der Waals surface area contributed by atoms with Gasteiger partial charge in [-0.3, -0.25) is 14.9 Å². The highest BCUT2D eigenvalue weighted by molar-refractivity contribution is 7.22. The molecule has 3 rings (SSSR count). The van der Waals surface area contributed by atoms with Crippen LogP contribution in [-0.4, -0.2) is 54.7 Å². The van der Waals surface area contributed by atoms with Crippen LogP contribution in [0.25, 0.3) is 10.2 Å². The van der Waals surface area contributed by atoms with E-state index in [1.807, 2.05) is 24.3 Å². The van der Waals surface area contributed by atoms with Crippen LogP contribution >= 0.6 is 22.9 Å². The maximum absolute atomic E-state index is 13.7. The van der Waals surface area contributed by atoms with Crippen LogP contribution in [0.3, 0.4) is 0 Å². The number of para-hydroxylation sites is 1. The topological polar surface area (TPSA) is 97.8 Å². The SMILES string of the molecule is COC(=O)CC[C@@H](COC(=O)Nc1nc2ccccc2s1)N(C)C(=O)CCc1cccc(F)c1Cl. The highest BCUT2D eigenvalue weighted by atomic mass is 35.5. The molecule has 0 aliphatic heterocycles. The van der Waals surface area contributed by atoms with Gasteiger partial charge in [-0.15, -0.1) is 0 Å². The van der Waals surface area contributed by atoms with Crippen molar-refractivity contribution in [3.05, 3.63) is 58.9 Å². The third-order valence-electron chi connectivity index (χ3n) is 5.40. The van der Waals surface area contributed by atoms with Crippen molar-refractivity contribution in [2.24, 2.45) is 0 Å². The fourth-order valence-corrected chi connectivity index (χ4v) is 4.43. The maximum Gasteiger partial charge on any atom is 0.413 e. The van der Waals surface area contributed by atoms with Crippen molar-refractivity contribution in [1.82, 2.24) is 9.88 Å². The van der Waals surface area contributed by atoms with E-state index in [9.17, 15) is 18.8 Å². The smallest absolute Gasteiger partial charge is 0.413 e. The molecule has 186 valence electrons. The van der Waals surface area contributed by atoms with E-state index in [-0.39, 0.29) is 43.2 Å². The van der Waals surface area contributed by atoms with Gasteiger partial charge in [0.1, 0.15) is 12.4 Å². The number of likely N-dealkylation sites (N-methyl/N-ethyl adjacent to an activating group) is 1. The average molecular weight is 522 g/mol. The Kier molecular flexibility index (Phi) is 9.39. The number of hydrogen-bond acceptors (Lipinski definition) is 7. The van der Waals surface area contributed by atoms with Gasteiger partial charge in [-0.1, -0.05) is 47.2 Å². The minimum atomic E-state index is -0.723. The molecule has 1 aromatic heterocycles. The molecular formula is C24H25ClFN3O5S. The molecule has 0 unspecified atom stereocenters. The summed E-state index contributed by atoms with van der Waals surface area (Å²) in [5.74, 6) is -1.26. The molecule has 0 aliphatic carbocycles. The highest BCUT2D eigenvalue weighted by Crippen LogP contribution is 2.25. The third-order valence-corrected chi connectivity index (χ3v) is 6.78. The van der Waals surface area contributed by atoms with E-state index in [2.05, 4.69) is 15.0 Å². The molecule has 0 radical (unpaired) electrons. The number of esters is 1. The summed E-state index contributed by atoms with van der Waals surface area (Å²) in [5, 5.41) is 2.96. The van der Waals surface area contributed by atoms with E-state index in [1.165, 1.54) is 35.5 Å². The Hall–Kier alpha value is -3.24. The number of carbonyl (C=O) groups excluding carboxylic acids is 3. The average Bonchev–Trinajstić information content (AvgIpc) is 3.26. The number of benzene rings is 2. The number of fused-ring (bicyclic) bond motifs is 1. The van der Waals surface area contributed by atoms with Crippen LogP contribution in [0, 0.1) is 5.82 Å². The van der Waals surface area contributed by atoms with Crippen molar-refractivity contribution in [2.45, 2.75) is 31.7 Å². The maximum atomic E-state index is 13.7. The molecular weight excluding hydrogens is 497 g/mol. The first-order chi connectivity index (χ1) is 16.8. The molecule has 8 nitrogen and oxygen atoms in total. The summed E-state index contributed by atoms with van der Waals surface area (Å²) in [7, 11) is 2.84. The van der Waals surface area contributed by atoms with E-state index >= 15 is 0 Å². The molecule has 3 aromatic rings. The minimum absolute atomic E-state index is 0.0138. The number of amides is 2. The van der Waals surface area contributed by atoms with Crippen molar-refractivity contribution >= 4 is 56.3 Å². The lowest BCUT2D eigenvalue weighted by Gasteiger charge is -2.28. The van der Waals surface area contributed by atoms with Crippen molar-refractivity contribution in [2.75, 3.05) is 26.1 Å². The number of carbonyl (C=O) groups is 3. The van der Waals surface area contributed by atoms with E-state index in [0.29, 0.717) is 10.7 Å². The Morgan fingerprint density at radius 3 is 2.69 bits per heavy atom. The molecule has 1 atom stereocenters. The Bertz CT molecular complexity index is 1170. The van der Waals surface area contributed by atoms with Gasteiger partial charge in [0.2, 0.25) is 5.91 Å². The number of aromatic nitrogens is 1. The number of ether oxygens (including phenoxy) is 2. The molecule has 0 saturated carbocycles. The lowest BCUT2D eigenvalue weighted by Crippen LogP contribution is -2.41. The fraction of sp³-hybridized carbons (Fsp3) is 0.333. The van der Waals surface area contributed by atoms with E-state index in [4.69, 9.17) is 16.3 Å². The second-order valence-corrected chi connectivity index (χ2v) is 9.11. The number of hydrogen-bond donors (Lipinski definition) is 1.